The summed E-state index contributed by atoms with van der Waals surface area (Å²) in [5.41, 5.74) is 5.73. The number of aliphatic imine (C=N–C) groups is 1. The average Bonchev–Trinajstić information content (AvgIpc) is 2.15. The van der Waals surface area contributed by atoms with Crippen LogP contribution in [0.5, 0.6) is 0 Å². The van der Waals surface area contributed by atoms with E-state index >= 15 is 0 Å². The van der Waals surface area contributed by atoms with Crippen molar-refractivity contribution in [2.45, 2.75) is 38.8 Å². The van der Waals surface area contributed by atoms with E-state index in [9.17, 15) is 0 Å². The molecule has 74 valence electrons. The monoisotopic (exact) mass is 182 g/mol. The highest BCUT2D eigenvalue weighted by molar-refractivity contribution is 5.77. The summed E-state index contributed by atoms with van der Waals surface area (Å²) in [7, 11) is 0. The molecule has 0 aromatic heterocycles. The second-order valence-electron chi connectivity index (χ2n) is 3.40. The molecule has 1 aliphatic rings. The van der Waals surface area contributed by atoms with Crippen molar-refractivity contribution in [3.8, 4) is 0 Å². The average molecular weight is 182 g/mol. The lowest BCUT2D eigenvalue weighted by Gasteiger charge is -2.18. The van der Waals surface area contributed by atoms with Crippen LogP contribution in [0, 0.1) is 0 Å². The van der Waals surface area contributed by atoms with Crippen molar-refractivity contribution in [3.05, 3.63) is 11.8 Å². The lowest BCUT2D eigenvalue weighted by Crippen LogP contribution is -2.31. The molecule has 1 heterocycles. The molecule has 13 heavy (non-hydrogen) atoms. The zero-order valence-corrected chi connectivity index (χ0v) is 8.36. The van der Waals surface area contributed by atoms with E-state index in [-0.39, 0.29) is 12.1 Å². The van der Waals surface area contributed by atoms with Crippen LogP contribution in [-0.2, 0) is 4.74 Å². The van der Waals surface area contributed by atoms with Crippen LogP contribution in [-0.4, -0.2) is 24.9 Å². The fourth-order valence-electron chi connectivity index (χ4n) is 1.19. The first-order valence-corrected chi connectivity index (χ1v) is 4.85. The predicted octanol–water partition coefficient (Wildman–Crippen LogP) is 1.49. The Kier molecular flexibility index (Phi) is 3.96. The van der Waals surface area contributed by atoms with Gasteiger partial charge in [0.2, 0.25) is 0 Å². The van der Waals surface area contributed by atoms with Gasteiger partial charge in [0, 0.05) is 6.04 Å². The molecular weight excluding hydrogens is 164 g/mol. The largest absolute Gasteiger partial charge is 0.492 e. The molecule has 2 atom stereocenters. The zero-order valence-electron chi connectivity index (χ0n) is 8.36. The van der Waals surface area contributed by atoms with Crippen LogP contribution < -0.4 is 5.73 Å². The van der Waals surface area contributed by atoms with E-state index in [1.807, 2.05) is 6.92 Å². The molecule has 2 N–H and O–H groups in total. The molecule has 2 unspecified atom stereocenters. The lowest BCUT2D eigenvalue weighted by atomic mass is 10.1. The molecule has 0 aromatic rings. The van der Waals surface area contributed by atoms with Crippen LogP contribution in [0.4, 0.5) is 0 Å². The van der Waals surface area contributed by atoms with Crippen molar-refractivity contribution in [2.75, 3.05) is 6.61 Å². The number of allylic oxidation sites excluding steroid dienone is 1. The third-order valence-electron chi connectivity index (χ3n) is 2.03. The summed E-state index contributed by atoms with van der Waals surface area (Å²) in [5.74, 6) is 0.888. The molecule has 1 rings (SSSR count). The molecule has 3 heteroatoms. The Morgan fingerprint density at radius 1 is 1.77 bits per heavy atom. The van der Waals surface area contributed by atoms with Gasteiger partial charge in [-0.25, -0.2) is 0 Å². The van der Waals surface area contributed by atoms with Gasteiger partial charge in [0.1, 0.15) is 5.76 Å². The Balaban J connectivity index is 2.36. The molecule has 1 aliphatic heterocycles. The minimum absolute atomic E-state index is 0.125. The van der Waals surface area contributed by atoms with Gasteiger partial charge in [-0.1, -0.05) is 6.92 Å². The Morgan fingerprint density at radius 2 is 2.54 bits per heavy atom. The maximum Gasteiger partial charge on any atom is 0.133 e. The van der Waals surface area contributed by atoms with Crippen molar-refractivity contribution < 1.29 is 4.74 Å². The van der Waals surface area contributed by atoms with E-state index < -0.39 is 0 Å². The van der Waals surface area contributed by atoms with Gasteiger partial charge in [0.15, 0.2) is 0 Å². The standard InChI is InChI=1S/C10H18N2O/c1-3-6-13-9-4-5-10(8(2)11)12-7-9/h4,7-8,10H,3,5-6,11H2,1-2H3. The fourth-order valence-corrected chi connectivity index (χ4v) is 1.19. The van der Waals surface area contributed by atoms with E-state index in [1.54, 1.807) is 6.21 Å². The number of nitrogens with two attached hydrogens (primary N) is 1. The molecule has 0 radical (unpaired) electrons. The first-order valence-electron chi connectivity index (χ1n) is 4.85. The molecule has 0 saturated heterocycles. The highest BCUT2D eigenvalue weighted by Crippen LogP contribution is 2.11. The quantitative estimate of drug-likeness (QED) is 0.716. The molecule has 0 saturated carbocycles. The van der Waals surface area contributed by atoms with Gasteiger partial charge < -0.3 is 10.5 Å². The van der Waals surface area contributed by atoms with Crippen molar-refractivity contribution in [1.29, 1.82) is 0 Å². The van der Waals surface area contributed by atoms with Gasteiger partial charge in [-0.2, -0.15) is 0 Å². The minimum atomic E-state index is 0.125. The summed E-state index contributed by atoms with van der Waals surface area (Å²) >= 11 is 0. The number of hydrogen-bond acceptors (Lipinski definition) is 3. The molecule has 0 spiro atoms. The number of nitrogens with zero attached hydrogens (tertiary/aromatic N) is 1. The van der Waals surface area contributed by atoms with Gasteiger partial charge in [0.25, 0.3) is 0 Å². The summed E-state index contributed by atoms with van der Waals surface area (Å²) < 4.78 is 5.43. The highest BCUT2D eigenvalue weighted by atomic mass is 16.5. The first-order chi connectivity index (χ1) is 6.24. The van der Waals surface area contributed by atoms with Gasteiger partial charge in [-0.3, -0.25) is 4.99 Å². The Morgan fingerprint density at radius 3 is 3.00 bits per heavy atom. The van der Waals surface area contributed by atoms with Crippen LogP contribution in [0.1, 0.15) is 26.7 Å². The maximum absolute atomic E-state index is 5.73. The Hall–Kier alpha value is -0.830. The van der Waals surface area contributed by atoms with E-state index in [0.29, 0.717) is 0 Å². The van der Waals surface area contributed by atoms with E-state index in [2.05, 4.69) is 18.0 Å². The van der Waals surface area contributed by atoms with Crippen LogP contribution in [0.3, 0.4) is 0 Å². The van der Waals surface area contributed by atoms with E-state index in [1.165, 1.54) is 0 Å². The first kappa shape index (κ1) is 10.3. The zero-order chi connectivity index (χ0) is 9.68. The predicted molar refractivity (Wildman–Crippen MR) is 54.9 cm³/mol. The summed E-state index contributed by atoms with van der Waals surface area (Å²) in [6.45, 7) is 4.83. The number of dihydropyridines is 1. The maximum atomic E-state index is 5.73. The van der Waals surface area contributed by atoms with Crippen LogP contribution in [0.2, 0.25) is 0 Å². The topological polar surface area (TPSA) is 47.6 Å². The SMILES string of the molecule is CCCOC1=CCC(C(C)N)N=C1. The second kappa shape index (κ2) is 5.02. The van der Waals surface area contributed by atoms with Crippen molar-refractivity contribution >= 4 is 6.21 Å². The summed E-state index contributed by atoms with van der Waals surface area (Å²) in [6, 6.07) is 0.356. The van der Waals surface area contributed by atoms with E-state index in [4.69, 9.17) is 10.5 Å². The molecular formula is C10H18N2O. The number of ether oxygens (including phenoxy) is 1. The number of hydrogen-bond donors (Lipinski definition) is 1. The number of rotatable bonds is 4. The van der Waals surface area contributed by atoms with Crippen LogP contribution in [0.25, 0.3) is 0 Å². The van der Waals surface area contributed by atoms with E-state index in [0.717, 1.165) is 25.2 Å². The summed E-state index contributed by atoms with van der Waals surface area (Å²) in [4.78, 5) is 4.32. The highest BCUT2D eigenvalue weighted by Gasteiger charge is 2.13. The smallest absolute Gasteiger partial charge is 0.133 e. The summed E-state index contributed by atoms with van der Waals surface area (Å²) in [6.07, 6.45) is 5.78. The minimum Gasteiger partial charge on any atom is -0.492 e. The molecule has 0 amide bonds. The van der Waals surface area contributed by atoms with Gasteiger partial charge in [-0.05, 0) is 25.8 Å². The molecule has 0 aromatic carbocycles. The van der Waals surface area contributed by atoms with Gasteiger partial charge in [0.05, 0.1) is 18.9 Å². The van der Waals surface area contributed by atoms with Crippen LogP contribution in [0.15, 0.2) is 16.8 Å². The third kappa shape index (κ3) is 3.19. The second-order valence-corrected chi connectivity index (χ2v) is 3.40. The van der Waals surface area contributed by atoms with Gasteiger partial charge >= 0.3 is 0 Å². The molecule has 3 nitrogen and oxygen atoms in total. The molecule has 0 fully saturated rings. The van der Waals surface area contributed by atoms with Crippen molar-refractivity contribution in [2.24, 2.45) is 10.7 Å². The molecule has 0 aliphatic carbocycles. The summed E-state index contributed by atoms with van der Waals surface area (Å²) in [5, 5.41) is 0. The van der Waals surface area contributed by atoms with Gasteiger partial charge in [-0.15, -0.1) is 0 Å². The van der Waals surface area contributed by atoms with Crippen LogP contribution >= 0.6 is 0 Å². The van der Waals surface area contributed by atoms with Crippen molar-refractivity contribution in [3.63, 3.8) is 0 Å². The Bertz CT molecular complexity index is 209. The normalized spacial score (nSPS) is 23.9. The molecule has 0 bridgehead atoms. The third-order valence-corrected chi connectivity index (χ3v) is 2.03. The fraction of sp³-hybridized carbons (Fsp3) is 0.700. The lowest BCUT2D eigenvalue weighted by molar-refractivity contribution is 0.230. The Labute approximate surface area is 79.7 Å². The van der Waals surface area contributed by atoms with Crippen molar-refractivity contribution in [1.82, 2.24) is 0 Å².